The van der Waals surface area contributed by atoms with E-state index in [1.54, 1.807) is 57.8 Å². The van der Waals surface area contributed by atoms with Crippen LogP contribution in [0.5, 0.6) is 0 Å². The highest BCUT2D eigenvalue weighted by atomic mass is 35.5. The lowest BCUT2D eigenvalue weighted by Gasteiger charge is -2.19. The number of ether oxygens (including phenoxy) is 2. The molecule has 0 amide bonds. The maximum Gasteiger partial charge on any atom is 0.340 e. The van der Waals surface area contributed by atoms with Gasteiger partial charge < -0.3 is 9.47 Å². The lowest BCUT2D eigenvalue weighted by atomic mass is 10.1. The molecule has 0 aliphatic heterocycles. The lowest BCUT2D eigenvalue weighted by molar-refractivity contribution is -0.147. The second-order valence-electron chi connectivity index (χ2n) is 8.40. The van der Waals surface area contributed by atoms with Crippen molar-refractivity contribution in [2.75, 3.05) is 0 Å². The summed E-state index contributed by atoms with van der Waals surface area (Å²) in [5.74, 6) is -1.61. The summed E-state index contributed by atoms with van der Waals surface area (Å²) in [7, 11) is 1.69. The minimum atomic E-state index is -0.795. The summed E-state index contributed by atoms with van der Waals surface area (Å²) in [6.45, 7) is 6.94. The molecule has 0 saturated heterocycles. The molecule has 0 aromatic carbocycles. The number of esters is 2. The molecule has 33 heavy (non-hydrogen) atoms. The van der Waals surface area contributed by atoms with E-state index < -0.39 is 29.5 Å². The molecule has 0 saturated carbocycles. The molecule has 3 aromatic rings. The number of carbonyl (C=O) groups excluding carboxylic acids is 2. The van der Waals surface area contributed by atoms with Gasteiger partial charge in [0.1, 0.15) is 22.7 Å². The van der Waals surface area contributed by atoms with Crippen LogP contribution in [0.4, 0.5) is 4.39 Å². The second kappa shape index (κ2) is 9.66. The SMILES string of the molecule is C[C@@H](OC(=O)Cc1c(-c2ccc(C(=O)OC(C)(C)C)cn2)cnn1C)c1cc(F)cnc1Cl. The Morgan fingerprint density at radius 2 is 1.91 bits per heavy atom. The third-order valence-electron chi connectivity index (χ3n) is 4.63. The van der Waals surface area contributed by atoms with Gasteiger partial charge in [-0.05, 0) is 45.9 Å². The number of rotatable bonds is 6. The Bertz CT molecular complexity index is 1170. The summed E-state index contributed by atoms with van der Waals surface area (Å²) in [5, 5.41) is 4.27. The molecule has 3 rings (SSSR count). The Morgan fingerprint density at radius 3 is 2.55 bits per heavy atom. The highest BCUT2D eigenvalue weighted by molar-refractivity contribution is 6.30. The number of aryl methyl sites for hydroxylation is 1. The standard InChI is InChI=1S/C23H24ClFN4O4/c1-13(16-8-15(25)11-27-21(16)24)32-20(30)9-19-17(12-28-29(19)5)18-7-6-14(10-26-18)22(31)33-23(2,3)4/h6-8,10-13H,9H2,1-5H3/t13-/m1/s1. The van der Waals surface area contributed by atoms with Gasteiger partial charge in [-0.15, -0.1) is 0 Å². The number of halogens is 2. The summed E-state index contributed by atoms with van der Waals surface area (Å²) >= 11 is 5.99. The average molecular weight is 475 g/mol. The third kappa shape index (κ3) is 6.13. The molecule has 0 unspecified atom stereocenters. The molecule has 0 spiro atoms. The van der Waals surface area contributed by atoms with Crippen molar-refractivity contribution >= 4 is 23.5 Å². The number of nitrogens with zero attached hydrogens (tertiary/aromatic N) is 4. The number of hydrogen-bond donors (Lipinski definition) is 0. The Labute approximate surface area is 195 Å². The van der Waals surface area contributed by atoms with Gasteiger partial charge in [-0.3, -0.25) is 14.5 Å². The molecular weight excluding hydrogens is 451 g/mol. The van der Waals surface area contributed by atoms with Gasteiger partial charge in [0, 0.05) is 24.4 Å². The van der Waals surface area contributed by atoms with Crippen LogP contribution in [0.3, 0.4) is 0 Å². The van der Waals surface area contributed by atoms with Crippen molar-refractivity contribution in [3.63, 3.8) is 0 Å². The minimum Gasteiger partial charge on any atom is -0.457 e. The van der Waals surface area contributed by atoms with E-state index in [9.17, 15) is 14.0 Å². The van der Waals surface area contributed by atoms with E-state index in [1.165, 1.54) is 12.3 Å². The number of aromatic nitrogens is 4. The van der Waals surface area contributed by atoms with Crippen LogP contribution in [0, 0.1) is 5.82 Å². The maximum atomic E-state index is 13.5. The highest BCUT2D eigenvalue weighted by Gasteiger charge is 2.22. The normalized spacial score (nSPS) is 12.3. The third-order valence-corrected chi connectivity index (χ3v) is 4.94. The molecule has 0 aliphatic rings. The molecule has 3 heterocycles. The molecule has 8 nitrogen and oxygen atoms in total. The molecule has 0 radical (unpaired) electrons. The zero-order chi connectivity index (χ0) is 24.3. The zero-order valence-electron chi connectivity index (χ0n) is 18.9. The van der Waals surface area contributed by atoms with Gasteiger partial charge in [0.25, 0.3) is 0 Å². The molecule has 0 N–H and O–H groups in total. The molecule has 3 aromatic heterocycles. The van der Waals surface area contributed by atoms with Crippen molar-refractivity contribution in [2.45, 2.75) is 45.8 Å². The Hall–Kier alpha value is -3.33. The van der Waals surface area contributed by atoms with Crippen LogP contribution in [0.25, 0.3) is 11.3 Å². The highest BCUT2D eigenvalue weighted by Crippen LogP contribution is 2.26. The Morgan fingerprint density at radius 1 is 1.18 bits per heavy atom. The van der Waals surface area contributed by atoms with Gasteiger partial charge in [-0.1, -0.05) is 11.6 Å². The summed E-state index contributed by atoms with van der Waals surface area (Å²) < 4.78 is 25.8. The van der Waals surface area contributed by atoms with E-state index in [0.29, 0.717) is 22.5 Å². The van der Waals surface area contributed by atoms with Crippen molar-refractivity contribution in [2.24, 2.45) is 7.05 Å². The van der Waals surface area contributed by atoms with Crippen molar-refractivity contribution in [3.05, 3.63) is 64.6 Å². The van der Waals surface area contributed by atoms with Gasteiger partial charge in [-0.2, -0.15) is 5.10 Å². The largest absolute Gasteiger partial charge is 0.457 e. The van der Waals surface area contributed by atoms with E-state index in [-0.39, 0.29) is 17.1 Å². The molecule has 0 fully saturated rings. The van der Waals surface area contributed by atoms with E-state index in [4.69, 9.17) is 21.1 Å². The lowest BCUT2D eigenvalue weighted by Crippen LogP contribution is -2.23. The summed E-state index contributed by atoms with van der Waals surface area (Å²) in [6, 6.07) is 4.44. The van der Waals surface area contributed by atoms with Crippen molar-refractivity contribution in [1.82, 2.24) is 19.7 Å². The molecule has 0 aliphatic carbocycles. The molecule has 10 heteroatoms. The van der Waals surface area contributed by atoms with Crippen LogP contribution in [0.2, 0.25) is 5.15 Å². The summed E-state index contributed by atoms with van der Waals surface area (Å²) in [4.78, 5) is 32.9. The quantitative estimate of drug-likeness (QED) is 0.384. The van der Waals surface area contributed by atoms with Gasteiger partial charge in [0.2, 0.25) is 0 Å². The molecule has 1 atom stereocenters. The first kappa shape index (κ1) is 24.3. The van der Waals surface area contributed by atoms with Gasteiger partial charge >= 0.3 is 11.9 Å². The smallest absolute Gasteiger partial charge is 0.340 e. The van der Waals surface area contributed by atoms with Crippen LogP contribution in [0.1, 0.15) is 55.4 Å². The number of pyridine rings is 2. The second-order valence-corrected chi connectivity index (χ2v) is 8.76. The number of carbonyl (C=O) groups is 2. The average Bonchev–Trinajstić information content (AvgIpc) is 3.08. The fraction of sp³-hybridized carbons (Fsp3) is 0.348. The molecule has 0 bridgehead atoms. The van der Waals surface area contributed by atoms with E-state index in [0.717, 1.165) is 6.20 Å². The van der Waals surface area contributed by atoms with Crippen LogP contribution in [-0.4, -0.2) is 37.3 Å². The van der Waals surface area contributed by atoms with E-state index in [1.807, 2.05) is 0 Å². The van der Waals surface area contributed by atoms with E-state index >= 15 is 0 Å². The molecule has 174 valence electrons. The fourth-order valence-electron chi connectivity index (χ4n) is 3.06. The Kier molecular flexibility index (Phi) is 7.12. The first-order chi connectivity index (χ1) is 15.4. The van der Waals surface area contributed by atoms with Gasteiger partial charge in [0.15, 0.2) is 0 Å². The van der Waals surface area contributed by atoms with Crippen LogP contribution in [0.15, 0.2) is 36.8 Å². The van der Waals surface area contributed by atoms with Crippen LogP contribution < -0.4 is 0 Å². The van der Waals surface area contributed by atoms with Gasteiger partial charge in [0.05, 0.1) is 35.8 Å². The summed E-state index contributed by atoms with van der Waals surface area (Å²) in [5.41, 5.74) is 1.68. The topological polar surface area (TPSA) is 96.2 Å². The predicted octanol–water partition coefficient (Wildman–Crippen LogP) is 4.47. The van der Waals surface area contributed by atoms with Crippen molar-refractivity contribution < 1.29 is 23.5 Å². The first-order valence-corrected chi connectivity index (χ1v) is 10.5. The van der Waals surface area contributed by atoms with E-state index in [2.05, 4.69) is 15.1 Å². The maximum absolute atomic E-state index is 13.5. The van der Waals surface area contributed by atoms with Gasteiger partial charge in [-0.25, -0.2) is 14.2 Å². The molecular formula is C23H24ClFN4O4. The number of hydrogen-bond acceptors (Lipinski definition) is 7. The van der Waals surface area contributed by atoms with Crippen LogP contribution in [-0.2, 0) is 27.7 Å². The fourth-order valence-corrected chi connectivity index (χ4v) is 3.32. The summed E-state index contributed by atoms with van der Waals surface area (Å²) in [6.07, 6.45) is 3.08. The Balaban J connectivity index is 1.75. The zero-order valence-corrected chi connectivity index (χ0v) is 19.7. The van der Waals surface area contributed by atoms with Crippen LogP contribution >= 0.6 is 11.6 Å². The minimum absolute atomic E-state index is 0.0622. The monoisotopic (exact) mass is 474 g/mol. The predicted molar refractivity (Wildman–Crippen MR) is 119 cm³/mol. The van der Waals surface area contributed by atoms with Crippen molar-refractivity contribution in [3.8, 4) is 11.3 Å². The first-order valence-electron chi connectivity index (χ1n) is 10.2. The van der Waals surface area contributed by atoms with Crippen molar-refractivity contribution in [1.29, 1.82) is 0 Å².